The third-order valence-corrected chi connectivity index (χ3v) is 2.73. The maximum atomic E-state index is 11.0. The van der Waals surface area contributed by atoms with E-state index >= 15 is 0 Å². The number of nitrogens with one attached hydrogen (secondary N) is 1. The summed E-state index contributed by atoms with van der Waals surface area (Å²) in [5, 5.41) is 14.1. The van der Waals surface area contributed by atoms with E-state index in [1.165, 1.54) is 19.2 Å². The summed E-state index contributed by atoms with van der Waals surface area (Å²) in [7, 11) is 5.47. The zero-order valence-electron chi connectivity index (χ0n) is 12.6. The number of aromatic nitrogens is 1. The average Bonchev–Trinajstić information content (AvgIpc) is 2.34. The molecule has 1 N–H and O–H groups in total. The van der Waals surface area contributed by atoms with E-state index in [1.807, 2.05) is 14.1 Å². The maximum Gasteiger partial charge on any atom is 0.311 e. The van der Waals surface area contributed by atoms with E-state index in [0.717, 1.165) is 6.54 Å². The van der Waals surface area contributed by atoms with Gasteiger partial charge in [0.2, 0.25) is 11.7 Å². The molecule has 1 aromatic heterocycles. The second-order valence-corrected chi connectivity index (χ2v) is 5.73. The molecule has 7 heteroatoms. The molecule has 0 saturated heterocycles. The van der Waals surface area contributed by atoms with E-state index in [1.54, 1.807) is 0 Å². The molecule has 0 amide bonds. The molecule has 7 nitrogen and oxygen atoms in total. The normalized spacial score (nSPS) is 11.5. The summed E-state index contributed by atoms with van der Waals surface area (Å²) >= 11 is 0. The monoisotopic (exact) mass is 282 g/mol. The van der Waals surface area contributed by atoms with Gasteiger partial charge < -0.3 is 15.0 Å². The summed E-state index contributed by atoms with van der Waals surface area (Å²) in [5.74, 6) is 0.588. The third-order valence-electron chi connectivity index (χ3n) is 2.73. The minimum absolute atomic E-state index is 0.0396. The van der Waals surface area contributed by atoms with E-state index in [0.29, 0.717) is 12.4 Å². The Morgan fingerprint density at radius 1 is 1.45 bits per heavy atom. The fourth-order valence-electron chi connectivity index (χ4n) is 2.06. The van der Waals surface area contributed by atoms with Gasteiger partial charge in [0.05, 0.1) is 12.0 Å². The summed E-state index contributed by atoms with van der Waals surface area (Å²) in [6.45, 7) is 5.61. The second-order valence-electron chi connectivity index (χ2n) is 5.73. The molecule has 0 saturated carbocycles. The minimum Gasteiger partial charge on any atom is -0.481 e. The first-order valence-corrected chi connectivity index (χ1v) is 6.33. The summed E-state index contributed by atoms with van der Waals surface area (Å²) < 4.78 is 5.00. The lowest BCUT2D eigenvalue weighted by molar-refractivity contribution is -0.384. The van der Waals surface area contributed by atoms with Crippen LogP contribution in [0.3, 0.4) is 0 Å². The molecule has 0 aliphatic carbocycles. The molecule has 0 radical (unpaired) electrons. The average molecular weight is 282 g/mol. The molecule has 112 valence electrons. The molecule has 0 unspecified atom stereocenters. The number of nitro groups is 1. The van der Waals surface area contributed by atoms with Crippen molar-refractivity contribution in [2.75, 3.05) is 39.6 Å². The quantitative estimate of drug-likeness (QED) is 0.608. The van der Waals surface area contributed by atoms with Gasteiger partial charge in [0.1, 0.15) is 0 Å². The van der Waals surface area contributed by atoms with Gasteiger partial charge in [-0.2, -0.15) is 4.98 Å². The van der Waals surface area contributed by atoms with Gasteiger partial charge in [0, 0.05) is 25.2 Å². The van der Waals surface area contributed by atoms with Gasteiger partial charge in [0.25, 0.3) is 0 Å². The highest BCUT2D eigenvalue weighted by atomic mass is 16.6. The van der Waals surface area contributed by atoms with Crippen LogP contribution >= 0.6 is 0 Å². The van der Waals surface area contributed by atoms with Gasteiger partial charge in [0.15, 0.2) is 0 Å². The molecule has 0 aliphatic rings. The maximum absolute atomic E-state index is 11.0. The SMILES string of the molecule is COc1ccc([N+](=O)[O-])c(NCC(C)(C)CN(C)C)n1. The number of hydrogen-bond acceptors (Lipinski definition) is 6. The topological polar surface area (TPSA) is 80.5 Å². The van der Waals surface area contributed by atoms with Crippen molar-refractivity contribution in [2.45, 2.75) is 13.8 Å². The van der Waals surface area contributed by atoms with Crippen LogP contribution in [0.4, 0.5) is 11.5 Å². The predicted octanol–water partition coefficient (Wildman–Crippen LogP) is 2.00. The van der Waals surface area contributed by atoms with E-state index in [4.69, 9.17) is 4.74 Å². The number of rotatable bonds is 7. The second kappa shape index (κ2) is 6.51. The van der Waals surface area contributed by atoms with Crippen LogP contribution in [0.1, 0.15) is 13.8 Å². The first-order chi connectivity index (χ1) is 9.25. The number of pyridine rings is 1. The number of nitrogens with zero attached hydrogens (tertiary/aromatic N) is 3. The van der Waals surface area contributed by atoms with Crippen molar-refractivity contribution >= 4 is 11.5 Å². The van der Waals surface area contributed by atoms with Crippen molar-refractivity contribution in [3.8, 4) is 5.88 Å². The first kappa shape index (κ1) is 16.2. The van der Waals surface area contributed by atoms with Crippen LogP contribution in [0.2, 0.25) is 0 Å². The van der Waals surface area contributed by atoms with Crippen LogP contribution in [0.25, 0.3) is 0 Å². The van der Waals surface area contributed by atoms with Crippen LogP contribution < -0.4 is 10.1 Å². The van der Waals surface area contributed by atoms with Crippen LogP contribution in [0.15, 0.2) is 12.1 Å². The highest BCUT2D eigenvalue weighted by Gasteiger charge is 2.22. The lowest BCUT2D eigenvalue weighted by atomic mass is 9.93. The van der Waals surface area contributed by atoms with Crippen LogP contribution in [0.5, 0.6) is 5.88 Å². The number of anilines is 1. The molecule has 0 aliphatic heterocycles. The molecule has 0 bridgehead atoms. The van der Waals surface area contributed by atoms with Gasteiger partial charge in [-0.15, -0.1) is 0 Å². The molecule has 0 spiro atoms. The lowest BCUT2D eigenvalue weighted by Crippen LogP contribution is -2.34. The van der Waals surface area contributed by atoms with Gasteiger partial charge in [-0.3, -0.25) is 10.1 Å². The van der Waals surface area contributed by atoms with Gasteiger partial charge >= 0.3 is 5.69 Å². The predicted molar refractivity (Wildman–Crippen MR) is 78.3 cm³/mol. The van der Waals surface area contributed by atoms with E-state index < -0.39 is 4.92 Å². The fourth-order valence-corrected chi connectivity index (χ4v) is 2.06. The highest BCUT2D eigenvalue weighted by Crippen LogP contribution is 2.26. The Labute approximate surface area is 119 Å². The molecule has 20 heavy (non-hydrogen) atoms. The largest absolute Gasteiger partial charge is 0.481 e. The number of methoxy groups -OCH3 is 1. The van der Waals surface area contributed by atoms with Crippen molar-refractivity contribution < 1.29 is 9.66 Å². The Morgan fingerprint density at radius 2 is 2.10 bits per heavy atom. The van der Waals surface area contributed by atoms with Crippen LogP contribution in [-0.4, -0.2) is 49.1 Å². The Morgan fingerprint density at radius 3 is 2.60 bits per heavy atom. The lowest BCUT2D eigenvalue weighted by Gasteiger charge is -2.28. The van der Waals surface area contributed by atoms with E-state index in [2.05, 4.69) is 29.0 Å². The number of ether oxygens (including phenoxy) is 1. The molecular weight excluding hydrogens is 260 g/mol. The Bertz CT molecular complexity index is 475. The van der Waals surface area contributed by atoms with Gasteiger partial charge in [-0.1, -0.05) is 13.8 Å². The molecule has 1 rings (SSSR count). The minimum atomic E-state index is -0.451. The summed E-state index contributed by atoms with van der Waals surface area (Å²) in [6.07, 6.45) is 0. The van der Waals surface area contributed by atoms with E-state index in [-0.39, 0.29) is 16.9 Å². The fraction of sp³-hybridized carbons (Fsp3) is 0.615. The van der Waals surface area contributed by atoms with Crippen LogP contribution in [-0.2, 0) is 0 Å². The standard InChI is InChI=1S/C13H22N4O3/c1-13(2,9-16(3)4)8-14-12-10(17(18)19)6-7-11(15-12)20-5/h6-7H,8-9H2,1-5H3,(H,14,15). The van der Waals surface area contributed by atoms with Crippen molar-refractivity contribution in [1.29, 1.82) is 0 Å². The molecule has 1 aromatic rings. The highest BCUT2D eigenvalue weighted by molar-refractivity contribution is 5.57. The zero-order valence-corrected chi connectivity index (χ0v) is 12.6. The van der Waals surface area contributed by atoms with Crippen molar-refractivity contribution in [3.63, 3.8) is 0 Å². The van der Waals surface area contributed by atoms with Crippen molar-refractivity contribution in [1.82, 2.24) is 9.88 Å². The molecule has 1 heterocycles. The number of hydrogen-bond donors (Lipinski definition) is 1. The van der Waals surface area contributed by atoms with E-state index in [9.17, 15) is 10.1 Å². The summed E-state index contributed by atoms with van der Waals surface area (Å²) in [4.78, 5) is 16.7. The van der Waals surface area contributed by atoms with Crippen LogP contribution in [0, 0.1) is 15.5 Å². The molecule has 0 atom stereocenters. The van der Waals surface area contributed by atoms with Gasteiger partial charge in [-0.25, -0.2) is 0 Å². The molecule has 0 fully saturated rings. The summed E-state index contributed by atoms with van der Waals surface area (Å²) in [6, 6.07) is 2.88. The third kappa shape index (κ3) is 4.65. The zero-order chi connectivity index (χ0) is 15.3. The van der Waals surface area contributed by atoms with Crippen molar-refractivity contribution in [2.24, 2.45) is 5.41 Å². The Hall–Kier alpha value is -1.89. The molecule has 0 aromatic carbocycles. The smallest absolute Gasteiger partial charge is 0.311 e. The Balaban J connectivity index is 2.87. The molecular formula is C13H22N4O3. The Kier molecular flexibility index (Phi) is 5.26. The summed E-state index contributed by atoms with van der Waals surface area (Å²) in [5.41, 5.74) is -0.0891. The van der Waals surface area contributed by atoms with Crippen molar-refractivity contribution in [3.05, 3.63) is 22.2 Å². The first-order valence-electron chi connectivity index (χ1n) is 6.33. The van der Waals surface area contributed by atoms with Gasteiger partial charge in [-0.05, 0) is 19.5 Å².